The van der Waals surface area contributed by atoms with Gasteiger partial charge in [-0.05, 0) is 0 Å². The lowest BCUT2D eigenvalue weighted by molar-refractivity contribution is -0.137. The zero-order valence-corrected chi connectivity index (χ0v) is 7.25. The highest BCUT2D eigenvalue weighted by Crippen LogP contribution is 2.12. The van der Waals surface area contributed by atoms with Gasteiger partial charge in [0, 0.05) is 0 Å². The minimum atomic E-state index is -1.74. The minimum Gasteiger partial charge on any atom is -0.477 e. The van der Waals surface area contributed by atoms with E-state index in [0.717, 1.165) is 0 Å². The maximum absolute atomic E-state index is 10.7. The van der Waals surface area contributed by atoms with E-state index in [1.54, 1.807) is 5.32 Å². The fourth-order valence-corrected chi connectivity index (χ4v) is 0.863. The highest BCUT2D eigenvalue weighted by molar-refractivity contribution is 6.37. The monoisotopic (exact) mass is 221 g/mol. The topological polar surface area (TPSA) is 121 Å². The third kappa shape index (κ3) is 1.72. The molecule has 14 heavy (non-hydrogen) atoms. The summed E-state index contributed by atoms with van der Waals surface area (Å²) in [6.07, 6.45) is 0. The van der Waals surface area contributed by atoms with E-state index >= 15 is 0 Å². The van der Waals surface area contributed by atoms with Crippen molar-refractivity contribution in [3.63, 3.8) is 0 Å². The molecule has 0 bridgehead atoms. The number of nitrogens with one attached hydrogen (secondary N) is 1. The van der Waals surface area contributed by atoms with Crippen LogP contribution in [0, 0.1) is 0 Å². The van der Waals surface area contributed by atoms with Crippen molar-refractivity contribution in [2.45, 2.75) is 0 Å². The molecule has 7 nitrogen and oxygen atoms in total. The second-order valence-electron chi connectivity index (χ2n) is 2.14. The van der Waals surface area contributed by atoms with Crippen LogP contribution in [0.15, 0.2) is 11.1 Å². The van der Waals surface area contributed by atoms with E-state index in [-0.39, 0.29) is 12.4 Å². The van der Waals surface area contributed by atoms with Gasteiger partial charge in [0.15, 0.2) is 0 Å². The molecule has 0 aliphatic carbocycles. The van der Waals surface area contributed by atoms with Gasteiger partial charge in [0.25, 0.3) is 11.8 Å². The van der Waals surface area contributed by atoms with Gasteiger partial charge in [0.2, 0.25) is 0 Å². The van der Waals surface area contributed by atoms with Gasteiger partial charge in [-0.15, -0.1) is 12.4 Å². The van der Waals surface area contributed by atoms with E-state index in [4.69, 9.17) is 10.2 Å². The number of hydrogen-bond acceptors (Lipinski definition) is 4. The fraction of sp³-hybridized carbons (Fsp3) is 0. The van der Waals surface area contributed by atoms with Crippen molar-refractivity contribution in [2.75, 3.05) is 0 Å². The lowest BCUT2D eigenvalue weighted by atomic mass is 10.1. The van der Waals surface area contributed by atoms with Crippen LogP contribution in [-0.2, 0) is 19.2 Å². The third-order valence-corrected chi connectivity index (χ3v) is 1.36. The van der Waals surface area contributed by atoms with E-state index in [1.807, 2.05) is 0 Å². The Kier molecular flexibility index (Phi) is 3.36. The Hall–Kier alpha value is -1.89. The van der Waals surface area contributed by atoms with Crippen molar-refractivity contribution in [1.29, 1.82) is 0 Å². The molecule has 3 N–H and O–H groups in total. The third-order valence-electron chi connectivity index (χ3n) is 1.36. The molecule has 1 rings (SSSR count). The predicted octanol–water partition coefficient (Wildman–Crippen LogP) is -1.47. The van der Waals surface area contributed by atoms with Crippen LogP contribution in [0.1, 0.15) is 0 Å². The molecule has 76 valence electrons. The molecule has 0 aromatic heterocycles. The highest BCUT2D eigenvalue weighted by atomic mass is 35.5. The molecule has 0 unspecified atom stereocenters. The molecule has 0 radical (unpaired) electrons. The van der Waals surface area contributed by atoms with Crippen LogP contribution >= 0.6 is 12.4 Å². The van der Waals surface area contributed by atoms with Crippen molar-refractivity contribution in [1.82, 2.24) is 5.32 Å². The lowest BCUT2D eigenvalue weighted by Gasteiger charge is -1.90. The SMILES string of the molecule is Cl.O=C(O)C1=C(C(=O)O)C(=O)NC1=O. The Balaban J connectivity index is 0.00000169. The van der Waals surface area contributed by atoms with E-state index in [2.05, 4.69) is 0 Å². The van der Waals surface area contributed by atoms with Gasteiger partial charge in [0.1, 0.15) is 11.1 Å². The molecule has 1 aliphatic rings. The van der Waals surface area contributed by atoms with Crippen LogP contribution in [0.4, 0.5) is 0 Å². The largest absolute Gasteiger partial charge is 0.477 e. The Morgan fingerprint density at radius 3 is 1.43 bits per heavy atom. The van der Waals surface area contributed by atoms with Crippen molar-refractivity contribution in [3.05, 3.63) is 11.1 Å². The maximum Gasteiger partial charge on any atom is 0.342 e. The molecule has 0 spiro atoms. The molecule has 0 saturated heterocycles. The predicted molar refractivity (Wildman–Crippen MR) is 42.7 cm³/mol. The van der Waals surface area contributed by atoms with E-state index < -0.39 is 34.9 Å². The average Bonchev–Trinajstić information content (AvgIpc) is 2.24. The summed E-state index contributed by atoms with van der Waals surface area (Å²) in [5.41, 5.74) is -2.06. The zero-order valence-electron chi connectivity index (χ0n) is 6.44. The first kappa shape index (κ1) is 12.1. The molecular formula is C6H4ClNO6. The molecule has 1 heterocycles. The average molecular weight is 222 g/mol. The van der Waals surface area contributed by atoms with Gasteiger partial charge in [-0.3, -0.25) is 14.9 Å². The van der Waals surface area contributed by atoms with Gasteiger partial charge in [0.05, 0.1) is 0 Å². The van der Waals surface area contributed by atoms with Crippen molar-refractivity contribution < 1.29 is 29.4 Å². The van der Waals surface area contributed by atoms with Gasteiger partial charge in [-0.25, -0.2) is 9.59 Å². The quantitative estimate of drug-likeness (QED) is 0.387. The number of halogens is 1. The van der Waals surface area contributed by atoms with Crippen LogP contribution in [0.3, 0.4) is 0 Å². The molecule has 1 aliphatic heterocycles. The Morgan fingerprint density at radius 1 is 0.929 bits per heavy atom. The van der Waals surface area contributed by atoms with Crippen molar-refractivity contribution >= 4 is 36.2 Å². The molecule has 8 heteroatoms. The Morgan fingerprint density at radius 2 is 1.21 bits per heavy atom. The summed E-state index contributed by atoms with van der Waals surface area (Å²) in [5.74, 6) is -5.87. The number of carboxylic acids is 2. The van der Waals surface area contributed by atoms with Crippen LogP contribution in [-0.4, -0.2) is 34.0 Å². The summed E-state index contributed by atoms with van der Waals surface area (Å²) >= 11 is 0. The number of amides is 2. The molecule has 0 aromatic rings. The first-order valence-electron chi connectivity index (χ1n) is 3.01. The van der Waals surface area contributed by atoms with Crippen LogP contribution in [0.25, 0.3) is 0 Å². The second kappa shape index (κ2) is 3.88. The second-order valence-corrected chi connectivity index (χ2v) is 2.14. The molecule has 0 fully saturated rings. The van der Waals surface area contributed by atoms with E-state index in [9.17, 15) is 19.2 Å². The van der Waals surface area contributed by atoms with Crippen LogP contribution in [0.2, 0.25) is 0 Å². The number of carbonyl (C=O) groups excluding carboxylic acids is 2. The van der Waals surface area contributed by atoms with Gasteiger partial charge >= 0.3 is 11.9 Å². The molecule has 0 aromatic carbocycles. The number of aliphatic carboxylic acids is 2. The summed E-state index contributed by atoms with van der Waals surface area (Å²) in [5, 5.41) is 18.3. The Bertz CT molecular complexity index is 337. The number of rotatable bonds is 2. The maximum atomic E-state index is 10.7. The van der Waals surface area contributed by atoms with E-state index in [0.29, 0.717) is 0 Å². The van der Waals surface area contributed by atoms with Gasteiger partial charge in [-0.1, -0.05) is 0 Å². The highest BCUT2D eigenvalue weighted by Gasteiger charge is 2.38. The smallest absolute Gasteiger partial charge is 0.342 e. The fourth-order valence-electron chi connectivity index (χ4n) is 0.863. The first-order chi connectivity index (χ1) is 5.95. The van der Waals surface area contributed by atoms with Crippen LogP contribution < -0.4 is 5.32 Å². The Labute approximate surface area is 82.8 Å². The summed E-state index contributed by atoms with van der Waals surface area (Å²) in [7, 11) is 0. The number of carbonyl (C=O) groups is 4. The first-order valence-corrected chi connectivity index (χ1v) is 3.01. The van der Waals surface area contributed by atoms with Gasteiger partial charge in [-0.2, -0.15) is 0 Å². The standard InChI is InChI=1S/C6H3NO6.ClH/c8-3-1(5(10)11)2(6(12)13)4(9)7-3;/h(H,10,11)(H,12,13)(H,7,8,9);1H. The van der Waals surface area contributed by atoms with Crippen LogP contribution in [0.5, 0.6) is 0 Å². The lowest BCUT2D eigenvalue weighted by Crippen LogP contribution is -2.25. The number of imide groups is 1. The minimum absolute atomic E-state index is 0. The number of carboxylic acid groups (broad SMARTS) is 2. The molecule has 2 amide bonds. The van der Waals surface area contributed by atoms with Gasteiger partial charge < -0.3 is 10.2 Å². The summed E-state index contributed by atoms with van der Waals surface area (Å²) < 4.78 is 0. The molecular weight excluding hydrogens is 218 g/mol. The number of hydrogen-bond donors (Lipinski definition) is 3. The normalized spacial score (nSPS) is 14.9. The van der Waals surface area contributed by atoms with E-state index in [1.165, 1.54) is 0 Å². The summed E-state index contributed by atoms with van der Waals surface area (Å²) in [6, 6.07) is 0. The molecule has 0 saturated carbocycles. The summed E-state index contributed by atoms with van der Waals surface area (Å²) in [6.45, 7) is 0. The zero-order chi connectivity index (χ0) is 10.2. The molecule has 0 atom stereocenters. The summed E-state index contributed by atoms with van der Waals surface area (Å²) in [4.78, 5) is 42.1. The van der Waals surface area contributed by atoms with Crippen molar-refractivity contribution in [3.8, 4) is 0 Å². The van der Waals surface area contributed by atoms with Crippen molar-refractivity contribution in [2.24, 2.45) is 0 Å².